The van der Waals surface area contributed by atoms with E-state index in [2.05, 4.69) is 27.2 Å². The van der Waals surface area contributed by atoms with Crippen molar-refractivity contribution >= 4 is 17.7 Å². The van der Waals surface area contributed by atoms with Gasteiger partial charge in [0.05, 0.1) is 14.2 Å². The molecule has 0 bridgehead atoms. The van der Waals surface area contributed by atoms with Gasteiger partial charge in [0.15, 0.2) is 0 Å². The normalized spacial score (nSPS) is 22.3. The number of hydrogen-bond donors (Lipinski definition) is 1. The summed E-state index contributed by atoms with van der Waals surface area (Å²) >= 11 is 2.03. The molecular weight excluding hydrogens is 264 g/mol. The lowest BCUT2D eigenvalue weighted by molar-refractivity contribution is 0.341. The molecule has 6 nitrogen and oxygen atoms in total. The first-order valence-corrected chi connectivity index (χ1v) is 7.52. The van der Waals surface area contributed by atoms with Gasteiger partial charge in [0.25, 0.3) is 0 Å². The molecular formula is C12H20N4O2S. The van der Waals surface area contributed by atoms with Gasteiger partial charge in [-0.15, -0.1) is 4.98 Å². The summed E-state index contributed by atoms with van der Waals surface area (Å²) in [4.78, 5) is 12.4. The molecule has 0 spiro atoms. The van der Waals surface area contributed by atoms with Crippen LogP contribution in [0.4, 0.5) is 5.95 Å². The van der Waals surface area contributed by atoms with Crippen LogP contribution in [0.15, 0.2) is 0 Å². The SMILES string of the molecule is CCSC1CCC(Nc2nc(OC)nc(OC)n2)C1. The topological polar surface area (TPSA) is 69.2 Å². The summed E-state index contributed by atoms with van der Waals surface area (Å²) < 4.78 is 10.1. The van der Waals surface area contributed by atoms with E-state index in [0.29, 0.717) is 12.0 Å². The van der Waals surface area contributed by atoms with Crippen LogP contribution in [0.25, 0.3) is 0 Å². The van der Waals surface area contributed by atoms with Crippen LogP contribution in [0.2, 0.25) is 0 Å². The summed E-state index contributed by atoms with van der Waals surface area (Å²) in [6, 6.07) is 0.958. The highest BCUT2D eigenvalue weighted by Crippen LogP contribution is 2.31. The molecule has 0 aliphatic heterocycles. The Morgan fingerprint density at radius 1 is 1.16 bits per heavy atom. The molecule has 0 amide bonds. The van der Waals surface area contributed by atoms with Crippen molar-refractivity contribution in [1.29, 1.82) is 0 Å². The van der Waals surface area contributed by atoms with E-state index in [0.717, 1.165) is 18.1 Å². The summed E-state index contributed by atoms with van der Waals surface area (Å²) in [6.07, 6.45) is 3.54. The first-order chi connectivity index (χ1) is 9.25. The molecule has 2 rings (SSSR count). The molecule has 1 fully saturated rings. The predicted molar refractivity (Wildman–Crippen MR) is 76.1 cm³/mol. The van der Waals surface area contributed by atoms with Crippen LogP contribution in [0.5, 0.6) is 12.0 Å². The van der Waals surface area contributed by atoms with Crippen LogP contribution in [0, 0.1) is 0 Å². The number of thioether (sulfide) groups is 1. The number of anilines is 1. The molecule has 1 aliphatic carbocycles. The van der Waals surface area contributed by atoms with Crippen LogP contribution in [-0.4, -0.2) is 46.2 Å². The molecule has 19 heavy (non-hydrogen) atoms. The van der Waals surface area contributed by atoms with E-state index in [1.807, 2.05) is 11.8 Å². The largest absolute Gasteiger partial charge is 0.467 e. The highest BCUT2D eigenvalue weighted by molar-refractivity contribution is 7.99. The molecule has 0 saturated heterocycles. The second-order valence-corrected chi connectivity index (χ2v) is 5.94. The van der Waals surface area contributed by atoms with E-state index in [4.69, 9.17) is 9.47 Å². The minimum atomic E-state index is 0.270. The first-order valence-electron chi connectivity index (χ1n) is 6.47. The van der Waals surface area contributed by atoms with Gasteiger partial charge in [0, 0.05) is 11.3 Å². The molecule has 0 radical (unpaired) electrons. The fraction of sp³-hybridized carbons (Fsp3) is 0.750. The van der Waals surface area contributed by atoms with Crippen LogP contribution in [-0.2, 0) is 0 Å². The number of hydrogen-bond acceptors (Lipinski definition) is 7. The quantitative estimate of drug-likeness (QED) is 0.856. The van der Waals surface area contributed by atoms with Crippen molar-refractivity contribution in [3.63, 3.8) is 0 Å². The van der Waals surface area contributed by atoms with Gasteiger partial charge in [-0.1, -0.05) is 6.92 Å². The van der Waals surface area contributed by atoms with Gasteiger partial charge < -0.3 is 14.8 Å². The predicted octanol–water partition coefficient (Wildman–Crippen LogP) is 1.97. The maximum atomic E-state index is 5.04. The standard InChI is InChI=1S/C12H20N4O2S/c1-4-19-9-6-5-8(7-9)13-10-14-11(17-2)16-12(15-10)18-3/h8-9H,4-7H2,1-3H3,(H,13,14,15,16). The molecule has 1 aromatic heterocycles. The zero-order valence-electron chi connectivity index (χ0n) is 11.5. The van der Waals surface area contributed by atoms with Gasteiger partial charge >= 0.3 is 12.0 Å². The Bertz CT molecular complexity index is 396. The zero-order chi connectivity index (χ0) is 13.7. The van der Waals surface area contributed by atoms with Crippen LogP contribution in [0.3, 0.4) is 0 Å². The van der Waals surface area contributed by atoms with Gasteiger partial charge in [-0.3, -0.25) is 0 Å². The Morgan fingerprint density at radius 2 is 1.84 bits per heavy atom. The van der Waals surface area contributed by atoms with Crippen molar-refractivity contribution in [3.05, 3.63) is 0 Å². The molecule has 1 saturated carbocycles. The lowest BCUT2D eigenvalue weighted by Crippen LogP contribution is -2.18. The Balaban J connectivity index is 1.99. The summed E-state index contributed by atoms with van der Waals surface area (Å²) in [5.74, 6) is 1.70. The number of nitrogens with zero attached hydrogens (tertiary/aromatic N) is 3. The van der Waals surface area contributed by atoms with E-state index in [9.17, 15) is 0 Å². The Morgan fingerprint density at radius 3 is 2.42 bits per heavy atom. The van der Waals surface area contributed by atoms with E-state index in [1.165, 1.54) is 26.4 Å². The first kappa shape index (κ1) is 14.2. The average Bonchev–Trinajstić information content (AvgIpc) is 2.86. The van der Waals surface area contributed by atoms with Crippen LogP contribution < -0.4 is 14.8 Å². The number of aromatic nitrogens is 3. The van der Waals surface area contributed by atoms with E-state index in [-0.39, 0.29) is 12.0 Å². The minimum Gasteiger partial charge on any atom is -0.467 e. The fourth-order valence-electron chi connectivity index (χ4n) is 2.23. The fourth-order valence-corrected chi connectivity index (χ4v) is 3.37. The summed E-state index contributed by atoms with van der Waals surface area (Å²) in [6.45, 7) is 2.20. The lowest BCUT2D eigenvalue weighted by Gasteiger charge is -2.13. The summed E-state index contributed by atoms with van der Waals surface area (Å²) in [5.41, 5.74) is 0. The molecule has 7 heteroatoms. The smallest absolute Gasteiger partial charge is 0.324 e. The third-order valence-electron chi connectivity index (χ3n) is 3.08. The number of methoxy groups -OCH3 is 2. The summed E-state index contributed by atoms with van der Waals surface area (Å²) in [5, 5.41) is 4.09. The van der Waals surface area contributed by atoms with E-state index >= 15 is 0 Å². The van der Waals surface area contributed by atoms with Gasteiger partial charge in [0.2, 0.25) is 5.95 Å². The average molecular weight is 284 g/mol. The Kier molecular flexibility index (Phi) is 5.07. The third-order valence-corrected chi connectivity index (χ3v) is 4.31. The second-order valence-electron chi connectivity index (χ2n) is 4.36. The molecule has 0 aromatic carbocycles. The number of ether oxygens (including phenoxy) is 2. The lowest BCUT2D eigenvalue weighted by atomic mass is 10.2. The molecule has 2 atom stereocenters. The van der Waals surface area contributed by atoms with Crippen molar-refractivity contribution < 1.29 is 9.47 Å². The molecule has 106 valence electrons. The molecule has 1 aliphatic rings. The summed E-state index contributed by atoms with van der Waals surface area (Å²) in [7, 11) is 3.06. The van der Waals surface area contributed by atoms with Gasteiger partial charge in [-0.2, -0.15) is 21.7 Å². The van der Waals surface area contributed by atoms with Crippen LogP contribution in [0.1, 0.15) is 26.2 Å². The molecule has 1 N–H and O–H groups in total. The molecule has 2 unspecified atom stereocenters. The van der Waals surface area contributed by atoms with Crippen molar-refractivity contribution in [2.45, 2.75) is 37.5 Å². The Hall–Kier alpha value is -1.24. The zero-order valence-corrected chi connectivity index (χ0v) is 12.4. The molecule has 1 heterocycles. The van der Waals surface area contributed by atoms with E-state index < -0.39 is 0 Å². The molecule has 1 aromatic rings. The van der Waals surface area contributed by atoms with E-state index in [1.54, 1.807) is 0 Å². The van der Waals surface area contributed by atoms with Crippen molar-refractivity contribution in [3.8, 4) is 12.0 Å². The van der Waals surface area contributed by atoms with Crippen molar-refractivity contribution in [2.75, 3.05) is 25.3 Å². The van der Waals surface area contributed by atoms with Crippen molar-refractivity contribution in [1.82, 2.24) is 15.0 Å². The van der Waals surface area contributed by atoms with Gasteiger partial charge in [0.1, 0.15) is 0 Å². The Labute approximate surface area is 117 Å². The van der Waals surface area contributed by atoms with Gasteiger partial charge in [-0.05, 0) is 25.0 Å². The second kappa shape index (κ2) is 6.79. The highest BCUT2D eigenvalue weighted by atomic mass is 32.2. The monoisotopic (exact) mass is 284 g/mol. The minimum absolute atomic E-state index is 0.270. The van der Waals surface area contributed by atoms with Crippen LogP contribution >= 0.6 is 11.8 Å². The highest BCUT2D eigenvalue weighted by Gasteiger charge is 2.25. The number of rotatable bonds is 6. The maximum Gasteiger partial charge on any atom is 0.324 e. The maximum absolute atomic E-state index is 5.04. The van der Waals surface area contributed by atoms with Gasteiger partial charge in [-0.25, -0.2) is 0 Å². The van der Waals surface area contributed by atoms with Crippen molar-refractivity contribution in [2.24, 2.45) is 0 Å². The third kappa shape index (κ3) is 3.86. The number of nitrogens with one attached hydrogen (secondary N) is 1.